The first-order valence-electron chi connectivity index (χ1n) is 4.50. The van der Waals surface area contributed by atoms with E-state index >= 15 is 0 Å². The second-order valence-electron chi connectivity index (χ2n) is 2.72. The van der Waals surface area contributed by atoms with Gasteiger partial charge < -0.3 is 9.47 Å². The second-order valence-corrected chi connectivity index (χ2v) is 3.28. The molecular weight excluding hydrogens is 262 g/mol. The minimum atomic E-state index is -0.461. The maximum absolute atomic E-state index is 11.2. The van der Waals surface area contributed by atoms with Crippen molar-refractivity contribution in [3.63, 3.8) is 0 Å². The molecule has 0 saturated heterocycles. The molecule has 0 N–H and O–H groups in total. The number of carbonyl (C=O) groups excluding carboxylic acids is 1. The molecule has 0 radical (unpaired) electrons. The van der Waals surface area contributed by atoms with Crippen LogP contribution in [0.15, 0.2) is 12.1 Å². The fraction of sp³-hybridized carbons (Fsp3) is 0.400. The van der Waals surface area contributed by atoms with E-state index in [2.05, 4.69) is 25.7 Å². The molecule has 0 aliphatic heterocycles. The van der Waals surface area contributed by atoms with E-state index in [0.29, 0.717) is 17.8 Å². The first kappa shape index (κ1) is 12.0. The molecule has 0 aromatic carbocycles. The van der Waals surface area contributed by atoms with Gasteiger partial charge in [0.1, 0.15) is 0 Å². The average Bonchev–Trinajstić information content (AvgIpc) is 2.28. The molecule has 0 aliphatic carbocycles. The standard InChI is InChI=1S/C10H12BrNO3/c1-3-15-9-7(6-11)4-5-8(12-9)10(13)14-2/h4-5H,3,6H2,1-2H3. The van der Waals surface area contributed by atoms with E-state index in [4.69, 9.17) is 4.74 Å². The molecule has 0 fully saturated rings. The summed E-state index contributed by atoms with van der Waals surface area (Å²) < 4.78 is 9.89. The van der Waals surface area contributed by atoms with Gasteiger partial charge in [-0.05, 0) is 13.0 Å². The van der Waals surface area contributed by atoms with Crippen LogP contribution in [0, 0.1) is 0 Å². The number of hydrogen-bond acceptors (Lipinski definition) is 4. The molecule has 0 atom stereocenters. The summed E-state index contributed by atoms with van der Waals surface area (Å²) in [6.07, 6.45) is 0. The van der Waals surface area contributed by atoms with Crippen molar-refractivity contribution in [2.45, 2.75) is 12.3 Å². The van der Waals surface area contributed by atoms with Gasteiger partial charge in [0.2, 0.25) is 5.88 Å². The Labute approximate surface area is 96.7 Å². The van der Waals surface area contributed by atoms with E-state index in [9.17, 15) is 4.79 Å². The SMILES string of the molecule is CCOc1nc(C(=O)OC)ccc1CBr. The van der Waals surface area contributed by atoms with Crippen molar-refractivity contribution >= 4 is 21.9 Å². The molecule has 82 valence electrons. The normalized spacial score (nSPS) is 9.80. The van der Waals surface area contributed by atoms with Crippen LogP contribution < -0.4 is 4.74 Å². The number of hydrogen-bond donors (Lipinski definition) is 0. The van der Waals surface area contributed by atoms with Crippen molar-refractivity contribution in [1.29, 1.82) is 0 Å². The average molecular weight is 274 g/mol. The van der Waals surface area contributed by atoms with Crippen molar-refractivity contribution in [2.75, 3.05) is 13.7 Å². The molecule has 0 bridgehead atoms. The molecule has 1 aromatic rings. The molecule has 1 aromatic heterocycles. The fourth-order valence-corrected chi connectivity index (χ4v) is 1.48. The molecule has 0 unspecified atom stereocenters. The van der Waals surface area contributed by atoms with Gasteiger partial charge >= 0.3 is 5.97 Å². The van der Waals surface area contributed by atoms with Gasteiger partial charge in [0.25, 0.3) is 0 Å². The monoisotopic (exact) mass is 273 g/mol. The Balaban J connectivity index is 3.04. The van der Waals surface area contributed by atoms with Crippen molar-refractivity contribution in [1.82, 2.24) is 4.98 Å². The summed E-state index contributed by atoms with van der Waals surface area (Å²) in [5.74, 6) is 0.00866. The number of rotatable bonds is 4. The van der Waals surface area contributed by atoms with Crippen molar-refractivity contribution in [3.8, 4) is 5.88 Å². The summed E-state index contributed by atoms with van der Waals surface area (Å²) in [6, 6.07) is 3.41. The van der Waals surface area contributed by atoms with Gasteiger partial charge in [-0.1, -0.05) is 22.0 Å². The number of methoxy groups -OCH3 is 1. The number of nitrogens with zero attached hydrogens (tertiary/aromatic N) is 1. The lowest BCUT2D eigenvalue weighted by Crippen LogP contribution is -2.07. The summed E-state index contributed by atoms with van der Waals surface area (Å²) in [5, 5.41) is 0.636. The van der Waals surface area contributed by atoms with Crippen LogP contribution >= 0.6 is 15.9 Å². The Kier molecular flexibility index (Phi) is 4.55. The van der Waals surface area contributed by atoms with Gasteiger partial charge in [-0.25, -0.2) is 9.78 Å². The van der Waals surface area contributed by atoms with E-state index in [-0.39, 0.29) is 5.69 Å². The third-order valence-electron chi connectivity index (χ3n) is 1.76. The lowest BCUT2D eigenvalue weighted by Gasteiger charge is -2.08. The highest BCUT2D eigenvalue weighted by Crippen LogP contribution is 2.19. The molecule has 0 saturated carbocycles. The molecule has 5 heteroatoms. The molecule has 0 aliphatic rings. The van der Waals surface area contributed by atoms with Gasteiger partial charge in [0, 0.05) is 10.9 Å². The maximum Gasteiger partial charge on any atom is 0.356 e. The van der Waals surface area contributed by atoms with Crippen LogP contribution in [-0.4, -0.2) is 24.7 Å². The summed E-state index contributed by atoms with van der Waals surface area (Å²) in [5.41, 5.74) is 1.16. The van der Waals surface area contributed by atoms with E-state index in [1.165, 1.54) is 7.11 Å². The minimum absolute atomic E-state index is 0.255. The number of pyridine rings is 1. The smallest absolute Gasteiger partial charge is 0.356 e. The van der Waals surface area contributed by atoms with Crippen LogP contribution in [0.25, 0.3) is 0 Å². The zero-order chi connectivity index (χ0) is 11.3. The minimum Gasteiger partial charge on any atom is -0.478 e. The van der Waals surface area contributed by atoms with E-state index in [1.807, 2.05) is 6.92 Å². The highest BCUT2D eigenvalue weighted by Gasteiger charge is 2.11. The lowest BCUT2D eigenvalue weighted by molar-refractivity contribution is 0.0592. The molecular formula is C10H12BrNO3. The number of alkyl halides is 1. The van der Waals surface area contributed by atoms with Crippen LogP contribution in [0.3, 0.4) is 0 Å². The predicted molar refractivity (Wildman–Crippen MR) is 59.4 cm³/mol. The van der Waals surface area contributed by atoms with Gasteiger partial charge in [0.05, 0.1) is 13.7 Å². The lowest BCUT2D eigenvalue weighted by atomic mass is 10.2. The number of halogens is 1. The Hall–Kier alpha value is -1.10. The first-order valence-corrected chi connectivity index (χ1v) is 5.62. The molecule has 1 rings (SSSR count). The zero-order valence-corrected chi connectivity index (χ0v) is 10.2. The molecule has 15 heavy (non-hydrogen) atoms. The Morgan fingerprint density at radius 1 is 1.53 bits per heavy atom. The number of ether oxygens (including phenoxy) is 2. The third kappa shape index (κ3) is 2.92. The topological polar surface area (TPSA) is 48.4 Å². The van der Waals surface area contributed by atoms with Crippen LogP contribution in [-0.2, 0) is 10.1 Å². The first-order chi connectivity index (χ1) is 7.22. The summed E-state index contributed by atoms with van der Waals surface area (Å²) in [7, 11) is 1.32. The number of aromatic nitrogens is 1. The van der Waals surface area contributed by atoms with E-state index < -0.39 is 5.97 Å². The highest BCUT2D eigenvalue weighted by atomic mass is 79.9. The number of esters is 1. The van der Waals surface area contributed by atoms with E-state index in [1.54, 1.807) is 12.1 Å². The van der Waals surface area contributed by atoms with E-state index in [0.717, 1.165) is 5.56 Å². The van der Waals surface area contributed by atoms with Crippen LogP contribution in [0.4, 0.5) is 0 Å². The van der Waals surface area contributed by atoms with Gasteiger partial charge in [-0.2, -0.15) is 0 Å². The van der Waals surface area contributed by atoms with Gasteiger partial charge in [0.15, 0.2) is 5.69 Å². The van der Waals surface area contributed by atoms with Crippen molar-refractivity contribution in [2.24, 2.45) is 0 Å². The Bertz CT molecular complexity index is 355. The predicted octanol–water partition coefficient (Wildman–Crippen LogP) is 2.16. The fourth-order valence-electron chi connectivity index (χ4n) is 1.05. The molecule has 0 amide bonds. The summed E-state index contributed by atoms with van der Waals surface area (Å²) >= 11 is 3.32. The van der Waals surface area contributed by atoms with Crippen molar-refractivity contribution in [3.05, 3.63) is 23.4 Å². The second kappa shape index (κ2) is 5.70. The van der Waals surface area contributed by atoms with Crippen LogP contribution in [0.1, 0.15) is 23.0 Å². The Morgan fingerprint density at radius 3 is 2.80 bits per heavy atom. The van der Waals surface area contributed by atoms with Gasteiger partial charge in [-0.15, -0.1) is 0 Å². The molecule has 0 spiro atoms. The highest BCUT2D eigenvalue weighted by molar-refractivity contribution is 9.08. The van der Waals surface area contributed by atoms with Crippen molar-refractivity contribution < 1.29 is 14.3 Å². The largest absolute Gasteiger partial charge is 0.478 e. The number of carbonyl (C=O) groups is 1. The zero-order valence-electron chi connectivity index (χ0n) is 8.62. The summed E-state index contributed by atoms with van der Waals surface area (Å²) in [4.78, 5) is 15.3. The third-order valence-corrected chi connectivity index (χ3v) is 2.36. The van der Waals surface area contributed by atoms with Crippen LogP contribution in [0.2, 0.25) is 0 Å². The molecule has 4 nitrogen and oxygen atoms in total. The maximum atomic E-state index is 11.2. The van der Waals surface area contributed by atoms with Gasteiger partial charge in [-0.3, -0.25) is 0 Å². The quantitative estimate of drug-likeness (QED) is 0.623. The Morgan fingerprint density at radius 2 is 2.27 bits per heavy atom. The molecule has 1 heterocycles. The summed E-state index contributed by atoms with van der Waals surface area (Å²) in [6.45, 7) is 2.38. The van der Waals surface area contributed by atoms with Crippen LogP contribution in [0.5, 0.6) is 5.88 Å².